The van der Waals surface area contributed by atoms with E-state index in [-0.39, 0.29) is 5.91 Å². The number of hydrogen-bond donors (Lipinski definition) is 1. The summed E-state index contributed by atoms with van der Waals surface area (Å²) in [6.45, 7) is 18.1. The van der Waals surface area contributed by atoms with E-state index in [1.165, 1.54) is 19.3 Å². The van der Waals surface area contributed by atoms with Crippen LogP contribution in [0.25, 0.3) is 0 Å². The van der Waals surface area contributed by atoms with Crippen molar-refractivity contribution in [2.45, 2.75) is 90.5 Å². The third-order valence-corrected chi connectivity index (χ3v) is 11.3. The Morgan fingerprint density at radius 2 is 1.78 bits per heavy atom. The first-order valence-electron chi connectivity index (χ1n) is 7.31. The highest BCUT2D eigenvalue weighted by Gasteiger charge is 2.43. The molecule has 0 fully saturated rings. The second-order valence-electron chi connectivity index (χ2n) is 7.21. The van der Waals surface area contributed by atoms with Crippen molar-refractivity contribution in [3.05, 3.63) is 0 Å². The Hall–Kier alpha value is -0.313. The van der Waals surface area contributed by atoms with E-state index < -0.39 is 8.07 Å². The Balaban J connectivity index is 5.03. The van der Waals surface area contributed by atoms with Gasteiger partial charge in [-0.15, -0.1) is 0 Å². The summed E-state index contributed by atoms with van der Waals surface area (Å²) in [7, 11) is -1.42. The quantitative estimate of drug-likeness (QED) is 0.704. The van der Waals surface area contributed by atoms with Crippen LogP contribution in [0.1, 0.15) is 60.8 Å². The first-order valence-corrected chi connectivity index (χ1v) is 10.4. The lowest BCUT2D eigenvalue weighted by molar-refractivity contribution is -0.119. The number of nitrogens with one attached hydrogen (secondary N) is 1. The summed E-state index contributed by atoms with van der Waals surface area (Å²) in [5.41, 5.74) is 0.654. The molecule has 0 saturated carbocycles. The molecule has 2 atom stereocenters. The zero-order valence-corrected chi connectivity index (χ0v) is 14.7. The maximum atomic E-state index is 11.3. The highest BCUT2D eigenvalue weighted by atomic mass is 28.3. The number of unbranched alkanes of at least 4 members (excludes halogenated alkanes) is 1. The SMILES string of the molecule is CCCC[C@@H]([C@@H](C)NC(C)=O)[Si](C)(C)C(C)(C)C. The predicted molar refractivity (Wildman–Crippen MR) is 83.8 cm³/mol. The van der Waals surface area contributed by atoms with Crippen molar-refractivity contribution in [2.24, 2.45) is 0 Å². The molecule has 0 saturated heterocycles. The summed E-state index contributed by atoms with van der Waals surface area (Å²) < 4.78 is 0. The smallest absolute Gasteiger partial charge is 0.217 e. The molecule has 0 aromatic heterocycles. The summed E-state index contributed by atoms with van der Waals surface area (Å²) in [5.74, 6) is 0.0997. The minimum Gasteiger partial charge on any atom is -0.354 e. The molecular weight excluding hydrogens is 238 g/mol. The van der Waals surface area contributed by atoms with Gasteiger partial charge in [0.1, 0.15) is 0 Å². The number of carbonyl (C=O) groups is 1. The van der Waals surface area contributed by atoms with Crippen LogP contribution in [-0.2, 0) is 4.79 Å². The molecule has 0 rings (SSSR count). The lowest BCUT2D eigenvalue weighted by Crippen LogP contribution is -2.50. The van der Waals surface area contributed by atoms with Crippen LogP contribution in [0.3, 0.4) is 0 Å². The Kier molecular flexibility index (Phi) is 6.62. The summed E-state index contributed by atoms with van der Waals surface area (Å²) in [6.07, 6.45) is 3.74. The first-order chi connectivity index (χ1) is 8.04. The number of carbonyl (C=O) groups excluding carboxylic acids is 1. The van der Waals surface area contributed by atoms with E-state index >= 15 is 0 Å². The van der Waals surface area contributed by atoms with Gasteiger partial charge in [-0.05, 0) is 17.5 Å². The molecular formula is C15H33NOSi. The van der Waals surface area contributed by atoms with Crippen LogP contribution < -0.4 is 5.32 Å². The average molecular weight is 272 g/mol. The van der Waals surface area contributed by atoms with Crippen LogP contribution in [0.2, 0.25) is 23.7 Å². The standard InChI is InChI=1S/C15H33NOSi/c1-9-10-11-14(12(2)16-13(3)17)18(7,8)15(4,5)6/h12,14H,9-11H2,1-8H3,(H,16,17)/t12-,14+/m1/s1. The number of rotatable bonds is 6. The lowest BCUT2D eigenvalue weighted by Gasteiger charge is -2.46. The number of amides is 1. The molecule has 0 aliphatic heterocycles. The molecule has 0 heterocycles. The molecule has 0 bridgehead atoms. The predicted octanol–water partition coefficient (Wildman–Crippen LogP) is 4.58. The lowest BCUT2D eigenvalue weighted by atomic mass is 10.1. The van der Waals surface area contributed by atoms with Gasteiger partial charge in [-0.3, -0.25) is 4.79 Å². The summed E-state index contributed by atoms with van der Waals surface area (Å²) in [4.78, 5) is 11.3. The first kappa shape index (κ1) is 17.7. The van der Waals surface area contributed by atoms with Crippen LogP contribution in [0.5, 0.6) is 0 Å². The molecule has 0 aromatic carbocycles. The van der Waals surface area contributed by atoms with Crippen LogP contribution >= 0.6 is 0 Å². The fourth-order valence-corrected chi connectivity index (χ4v) is 6.01. The summed E-state index contributed by atoms with van der Waals surface area (Å²) in [6, 6.07) is 0.301. The van der Waals surface area contributed by atoms with E-state index in [9.17, 15) is 4.79 Å². The van der Waals surface area contributed by atoms with Crippen LogP contribution in [0.4, 0.5) is 0 Å². The van der Waals surface area contributed by atoms with Gasteiger partial charge in [0.05, 0.1) is 8.07 Å². The highest BCUT2D eigenvalue weighted by Crippen LogP contribution is 2.46. The van der Waals surface area contributed by atoms with Crippen molar-refractivity contribution < 1.29 is 4.79 Å². The molecule has 108 valence electrons. The molecule has 0 aliphatic rings. The Morgan fingerprint density at radius 1 is 1.28 bits per heavy atom. The second kappa shape index (κ2) is 6.74. The van der Waals surface area contributed by atoms with Gasteiger partial charge in [0, 0.05) is 13.0 Å². The van der Waals surface area contributed by atoms with Crippen molar-refractivity contribution in [3.8, 4) is 0 Å². The van der Waals surface area contributed by atoms with Gasteiger partial charge >= 0.3 is 0 Å². The van der Waals surface area contributed by atoms with Gasteiger partial charge in [-0.2, -0.15) is 0 Å². The molecule has 0 aliphatic carbocycles. The van der Waals surface area contributed by atoms with E-state index in [1.807, 2.05) is 0 Å². The molecule has 0 unspecified atom stereocenters. The molecule has 0 spiro atoms. The Bertz CT molecular complexity index is 268. The van der Waals surface area contributed by atoms with Crippen molar-refractivity contribution in [1.82, 2.24) is 5.32 Å². The van der Waals surface area contributed by atoms with Crippen LogP contribution in [-0.4, -0.2) is 20.0 Å². The maximum absolute atomic E-state index is 11.3. The molecule has 18 heavy (non-hydrogen) atoms. The Morgan fingerprint density at radius 3 is 2.11 bits per heavy atom. The Labute approximate surface area is 115 Å². The van der Waals surface area contributed by atoms with Crippen molar-refractivity contribution in [3.63, 3.8) is 0 Å². The zero-order valence-electron chi connectivity index (χ0n) is 13.7. The van der Waals surface area contributed by atoms with Gasteiger partial charge in [-0.1, -0.05) is 60.1 Å². The molecule has 0 radical (unpaired) electrons. The highest BCUT2D eigenvalue weighted by molar-refractivity contribution is 6.81. The van der Waals surface area contributed by atoms with E-state index in [1.54, 1.807) is 6.92 Å². The van der Waals surface area contributed by atoms with Gasteiger partial charge in [0.25, 0.3) is 0 Å². The zero-order chi connectivity index (χ0) is 14.6. The molecule has 1 amide bonds. The minimum atomic E-state index is -1.42. The van der Waals surface area contributed by atoms with Crippen LogP contribution in [0, 0.1) is 0 Å². The fraction of sp³-hybridized carbons (Fsp3) is 0.933. The second-order valence-corrected chi connectivity index (χ2v) is 12.9. The third kappa shape index (κ3) is 4.75. The van der Waals surface area contributed by atoms with Gasteiger partial charge in [0.15, 0.2) is 0 Å². The van der Waals surface area contributed by atoms with E-state index in [0.29, 0.717) is 16.6 Å². The van der Waals surface area contributed by atoms with Gasteiger partial charge < -0.3 is 5.32 Å². The maximum Gasteiger partial charge on any atom is 0.217 e. The monoisotopic (exact) mass is 271 g/mol. The van der Waals surface area contributed by atoms with E-state index in [0.717, 1.165) is 0 Å². The third-order valence-electron chi connectivity index (χ3n) is 4.76. The minimum absolute atomic E-state index is 0.0997. The molecule has 2 nitrogen and oxygen atoms in total. The molecule has 1 N–H and O–H groups in total. The van der Waals surface area contributed by atoms with E-state index in [4.69, 9.17) is 0 Å². The van der Waals surface area contributed by atoms with Gasteiger partial charge in [0.2, 0.25) is 5.91 Å². The van der Waals surface area contributed by atoms with Gasteiger partial charge in [-0.25, -0.2) is 0 Å². The summed E-state index contributed by atoms with van der Waals surface area (Å²) >= 11 is 0. The van der Waals surface area contributed by atoms with Crippen molar-refractivity contribution in [1.29, 1.82) is 0 Å². The fourth-order valence-electron chi connectivity index (χ4n) is 2.64. The summed E-state index contributed by atoms with van der Waals surface area (Å²) in [5, 5.41) is 3.50. The topological polar surface area (TPSA) is 29.1 Å². The normalized spacial score (nSPS) is 16.2. The average Bonchev–Trinajstić information content (AvgIpc) is 2.14. The van der Waals surface area contributed by atoms with Crippen molar-refractivity contribution in [2.75, 3.05) is 0 Å². The largest absolute Gasteiger partial charge is 0.354 e. The molecule has 3 heteroatoms. The molecule has 0 aromatic rings. The van der Waals surface area contributed by atoms with Crippen molar-refractivity contribution >= 4 is 14.0 Å². The number of hydrogen-bond acceptors (Lipinski definition) is 1. The van der Waals surface area contributed by atoms with E-state index in [2.05, 4.69) is 53.0 Å². The van der Waals surface area contributed by atoms with Crippen LogP contribution in [0.15, 0.2) is 0 Å².